The number of ether oxygens (including phenoxy) is 1. The van der Waals surface area contributed by atoms with Gasteiger partial charge in [0.1, 0.15) is 17.8 Å². The van der Waals surface area contributed by atoms with Crippen molar-refractivity contribution in [1.82, 2.24) is 14.5 Å². The van der Waals surface area contributed by atoms with Gasteiger partial charge in [-0.15, -0.1) is 0 Å². The van der Waals surface area contributed by atoms with Gasteiger partial charge < -0.3 is 19.9 Å². The Morgan fingerprint density at radius 1 is 1.48 bits per heavy atom. The lowest BCUT2D eigenvalue weighted by Crippen LogP contribution is -2.30. The molecule has 0 bridgehead atoms. The van der Waals surface area contributed by atoms with Crippen molar-refractivity contribution >= 4 is 22.9 Å². The number of amides is 1. The average molecular weight is 290 g/mol. The minimum Gasteiger partial charge on any atom is -0.489 e. The Hall–Kier alpha value is -2.24. The van der Waals surface area contributed by atoms with Gasteiger partial charge in [0.05, 0.1) is 11.6 Å². The summed E-state index contributed by atoms with van der Waals surface area (Å²) in [6.07, 6.45) is 0.0508. The normalized spacial score (nSPS) is 11.1. The summed E-state index contributed by atoms with van der Waals surface area (Å²) in [5.74, 6) is 1.01. The second-order valence-electron chi connectivity index (χ2n) is 5.25. The van der Waals surface area contributed by atoms with Crippen molar-refractivity contribution in [3.05, 3.63) is 18.2 Å². The van der Waals surface area contributed by atoms with E-state index in [0.29, 0.717) is 23.8 Å². The van der Waals surface area contributed by atoms with Gasteiger partial charge in [-0.25, -0.2) is 4.98 Å². The number of fused-ring (bicyclic) bond motifs is 1. The number of aromatic nitrogens is 2. The highest BCUT2D eigenvalue weighted by atomic mass is 16.5. The van der Waals surface area contributed by atoms with Gasteiger partial charge in [-0.05, 0) is 32.9 Å². The summed E-state index contributed by atoms with van der Waals surface area (Å²) in [5, 5.41) is 0. The standard InChI is InChI=1S/C15H22N4O2/c1-5-18(4)13(20)9-19-11-7-6-8-12(21-10(2)3)14(11)17-15(19)16/h6-8,10H,5,9H2,1-4H3,(H2,16,17). The van der Waals surface area contributed by atoms with Crippen molar-refractivity contribution in [2.75, 3.05) is 19.3 Å². The van der Waals surface area contributed by atoms with Gasteiger partial charge in [0.2, 0.25) is 11.9 Å². The molecule has 1 aromatic heterocycles. The largest absolute Gasteiger partial charge is 0.489 e. The van der Waals surface area contributed by atoms with E-state index in [0.717, 1.165) is 5.52 Å². The molecule has 21 heavy (non-hydrogen) atoms. The third-order valence-electron chi connectivity index (χ3n) is 3.33. The monoisotopic (exact) mass is 290 g/mol. The zero-order chi connectivity index (χ0) is 15.6. The Balaban J connectivity index is 2.41. The van der Waals surface area contributed by atoms with Crippen LogP contribution in [0.25, 0.3) is 11.0 Å². The number of nitrogens with two attached hydrogens (primary N) is 1. The van der Waals surface area contributed by atoms with Crippen LogP contribution in [-0.2, 0) is 11.3 Å². The van der Waals surface area contributed by atoms with Crippen LogP contribution >= 0.6 is 0 Å². The fraction of sp³-hybridized carbons (Fsp3) is 0.467. The molecular weight excluding hydrogens is 268 g/mol. The Kier molecular flexibility index (Phi) is 4.35. The van der Waals surface area contributed by atoms with Gasteiger partial charge in [-0.3, -0.25) is 4.79 Å². The van der Waals surface area contributed by atoms with E-state index in [2.05, 4.69) is 4.98 Å². The van der Waals surface area contributed by atoms with E-state index >= 15 is 0 Å². The van der Waals surface area contributed by atoms with Crippen LogP contribution in [0.2, 0.25) is 0 Å². The van der Waals surface area contributed by atoms with Gasteiger partial charge in [0.15, 0.2) is 0 Å². The van der Waals surface area contributed by atoms with E-state index in [1.165, 1.54) is 0 Å². The minimum atomic E-state index is -0.00122. The zero-order valence-electron chi connectivity index (χ0n) is 13.0. The highest BCUT2D eigenvalue weighted by Crippen LogP contribution is 2.27. The van der Waals surface area contributed by atoms with Gasteiger partial charge in [0, 0.05) is 13.6 Å². The molecule has 0 fully saturated rings. The first-order chi connectivity index (χ1) is 9.93. The topological polar surface area (TPSA) is 73.4 Å². The summed E-state index contributed by atoms with van der Waals surface area (Å²) in [4.78, 5) is 18.1. The first-order valence-corrected chi connectivity index (χ1v) is 7.09. The van der Waals surface area contributed by atoms with Crippen LogP contribution in [0.15, 0.2) is 18.2 Å². The van der Waals surface area contributed by atoms with Gasteiger partial charge >= 0.3 is 0 Å². The second-order valence-corrected chi connectivity index (χ2v) is 5.25. The molecule has 0 aliphatic carbocycles. The highest BCUT2D eigenvalue weighted by Gasteiger charge is 2.16. The predicted molar refractivity (Wildman–Crippen MR) is 83.2 cm³/mol. The molecule has 1 amide bonds. The molecule has 6 heteroatoms. The first-order valence-electron chi connectivity index (χ1n) is 7.09. The number of hydrogen-bond donors (Lipinski definition) is 1. The molecule has 114 valence electrons. The molecule has 0 spiro atoms. The third-order valence-corrected chi connectivity index (χ3v) is 3.33. The van der Waals surface area contributed by atoms with Crippen LogP contribution < -0.4 is 10.5 Å². The summed E-state index contributed by atoms with van der Waals surface area (Å²) in [5.41, 5.74) is 7.47. The maximum Gasteiger partial charge on any atom is 0.242 e. The lowest BCUT2D eigenvalue weighted by Gasteiger charge is -2.15. The van der Waals surface area contributed by atoms with Crippen molar-refractivity contribution in [2.24, 2.45) is 0 Å². The third kappa shape index (κ3) is 3.09. The van der Waals surface area contributed by atoms with Crippen molar-refractivity contribution < 1.29 is 9.53 Å². The molecule has 0 aliphatic heterocycles. The molecule has 2 aromatic rings. The molecule has 0 atom stereocenters. The Labute approximate surface area is 124 Å². The summed E-state index contributed by atoms with van der Waals surface area (Å²) < 4.78 is 7.46. The summed E-state index contributed by atoms with van der Waals surface area (Å²) >= 11 is 0. The number of imidazole rings is 1. The number of anilines is 1. The number of para-hydroxylation sites is 1. The smallest absolute Gasteiger partial charge is 0.242 e. The fourth-order valence-electron chi connectivity index (χ4n) is 2.09. The number of likely N-dealkylation sites (N-methyl/N-ethyl adjacent to an activating group) is 1. The van der Waals surface area contributed by atoms with Crippen molar-refractivity contribution in [2.45, 2.75) is 33.4 Å². The van der Waals surface area contributed by atoms with Crippen molar-refractivity contribution in [1.29, 1.82) is 0 Å². The summed E-state index contributed by atoms with van der Waals surface area (Å²) in [6, 6.07) is 5.63. The van der Waals surface area contributed by atoms with Crippen LogP contribution in [-0.4, -0.2) is 40.1 Å². The number of benzene rings is 1. The molecule has 6 nitrogen and oxygen atoms in total. The van der Waals surface area contributed by atoms with E-state index in [1.54, 1.807) is 16.5 Å². The molecule has 1 heterocycles. The Bertz CT molecular complexity index is 648. The highest BCUT2D eigenvalue weighted by molar-refractivity contribution is 5.86. The Morgan fingerprint density at radius 2 is 2.19 bits per heavy atom. The first kappa shape index (κ1) is 15.2. The molecule has 1 aromatic carbocycles. The SMILES string of the molecule is CCN(C)C(=O)Cn1c(N)nc2c(OC(C)C)cccc21. The minimum absolute atomic E-state index is 0.00122. The number of carbonyl (C=O) groups is 1. The zero-order valence-corrected chi connectivity index (χ0v) is 13.0. The molecule has 0 unspecified atom stereocenters. The quantitative estimate of drug-likeness (QED) is 0.912. The van der Waals surface area contributed by atoms with Gasteiger partial charge in [-0.2, -0.15) is 0 Å². The van der Waals surface area contributed by atoms with Crippen molar-refractivity contribution in [3.8, 4) is 5.75 Å². The summed E-state index contributed by atoms with van der Waals surface area (Å²) in [7, 11) is 1.77. The molecule has 2 N–H and O–H groups in total. The number of nitrogens with zero attached hydrogens (tertiary/aromatic N) is 3. The molecule has 2 rings (SSSR count). The molecule has 0 aliphatic rings. The van der Waals surface area contributed by atoms with Crippen molar-refractivity contribution in [3.63, 3.8) is 0 Å². The van der Waals surface area contributed by atoms with Crippen LogP contribution in [0, 0.1) is 0 Å². The van der Waals surface area contributed by atoms with E-state index in [-0.39, 0.29) is 18.6 Å². The lowest BCUT2D eigenvalue weighted by molar-refractivity contribution is -0.130. The number of hydrogen-bond acceptors (Lipinski definition) is 4. The summed E-state index contributed by atoms with van der Waals surface area (Å²) in [6.45, 7) is 6.69. The van der Waals surface area contributed by atoms with E-state index in [9.17, 15) is 4.79 Å². The number of nitrogen functional groups attached to an aromatic ring is 1. The second kappa shape index (κ2) is 6.03. The lowest BCUT2D eigenvalue weighted by atomic mass is 10.3. The fourth-order valence-corrected chi connectivity index (χ4v) is 2.09. The van der Waals surface area contributed by atoms with Gasteiger partial charge in [-0.1, -0.05) is 6.07 Å². The maximum atomic E-state index is 12.1. The van der Waals surface area contributed by atoms with Crippen LogP contribution in [0.5, 0.6) is 5.75 Å². The van der Waals surface area contributed by atoms with E-state index in [1.807, 2.05) is 39.0 Å². The van der Waals surface area contributed by atoms with E-state index in [4.69, 9.17) is 10.5 Å². The Morgan fingerprint density at radius 3 is 2.81 bits per heavy atom. The van der Waals surface area contributed by atoms with Crippen LogP contribution in [0.1, 0.15) is 20.8 Å². The molecule has 0 saturated carbocycles. The number of rotatable bonds is 5. The number of carbonyl (C=O) groups excluding carboxylic acids is 1. The molecular formula is C15H22N4O2. The van der Waals surface area contributed by atoms with Gasteiger partial charge in [0.25, 0.3) is 0 Å². The van der Waals surface area contributed by atoms with Crippen LogP contribution in [0.3, 0.4) is 0 Å². The maximum absolute atomic E-state index is 12.1. The predicted octanol–water partition coefficient (Wildman–Crippen LogP) is 1.88. The average Bonchev–Trinajstić information content (AvgIpc) is 2.75. The molecule has 0 saturated heterocycles. The molecule has 0 radical (unpaired) electrons. The van der Waals surface area contributed by atoms with Crippen LogP contribution in [0.4, 0.5) is 5.95 Å². The van der Waals surface area contributed by atoms with E-state index < -0.39 is 0 Å².